The molecule has 0 rings (SSSR count). The lowest BCUT2D eigenvalue weighted by Gasteiger charge is -2.19. The van der Waals surface area contributed by atoms with Crippen LogP contribution in [0.3, 0.4) is 0 Å². The molecule has 0 saturated heterocycles. The largest absolute Gasteiger partial charge is 0.467 e. The maximum absolute atomic E-state index is 12.2. The molecule has 0 radical (unpaired) electrons. The van der Waals surface area contributed by atoms with Gasteiger partial charge in [-0.15, -0.1) is 0 Å². The van der Waals surface area contributed by atoms with E-state index in [1.54, 1.807) is 0 Å². The number of esters is 1. The molecule has 5 heteroatoms. The highest BCUT2D eigenvalue weighted by atomic mass is 16.5. The first kappa shape index (κ1) is 26.9. The fourth-order valence-electron chi connectivity index (χ4n) is 3.41. The molecule has 0 saturated carbocycles. The quantitative estimate of drug-likeness (QED) is 0.230. The van der Waals surface area contributed by atoms with Gasteiger partial charge in [0.15, 0.2) is 0 Å². The van der Waals surface area contributed by atoms with Gasteiger partial charge in [0.2, 0.25) is 5.91 Å². The van der Waals surface area contributed by atoms with Crippen LogP contribution < -0.4 is 11.1 Å². The number of carbonyl (C=O) groups is 2. The topological polar surface area (TPSA) is 81.4 Å². The van der Waals surface area contributed by atoms with Crippen molar-refractivity contribution in [1.82, 2.24) is 5.32 Å². The first-order valence-electron chi connectivity index (χ1n) is 11.7. The lowest BCUT2D eigenvalue weighted by Crippen LogP contribution is -2.48. The smallest absolute Gasteiger partial charge is 0.328 e. The molecule has 0 fully saturated rings. The maximum Gasteiger partial charge on any atom is 0.328 e. The Hall–Kier alpha value is -1.10. The molecule has 166 valence electrons. The Morgan fingerprint density at radius 3 is 1.68 bits per heavy atom. The van der Waals surface area contributed by atoms with E-state index in [0.717, 1.165) is 25.7 Å². The summed E-state index contributed by atoms with van der Waals surface area (Å²) in [6, 6.07) is -1.12. The van der Waals surface area contributed by atoms with Gasteiger partial charge in [0, 0.05) is 0 Å². The normalized spacial score (nSPS) is 13.1. The Morgan fingerprint density at radius 2 is 1.21 bits per heavy atom. The van der Waals surface area contributed by atoms with Crippen molar-refractivity contribution in [2.75, 3.05) is 7.11 Å². The first-order chi connectivity index (χ1) is 13.6. The third-order valence-corrected chi connectivity index (χ3v) is 5.35. The van der Waals surface area contributed by atoms with Crippen molar-refractivity contribution in [1.29, 1.82) is 0 Å². The molecule has 28 heavy (non-hydrogen) atoms. The molecule has 5 nitrogen and oxygen atoms in total. The molecule has 2 atom stereocenters. The van der Waals surface area contributed by atoms with E-state index in [0.29, 0.717) is 12.8 Å². The Balaban J connectivity index is 3.84. The van der Waals surface area contributed by atoms with Gasteiger partial charge in [0.25, 0.3) is 0 Å². The highest BCUT2D eigenvalue weighted by Gasteiger charge is 2.23. The molecule has 3 N–H and O–H groups in total. The number of unbranched alkanes of at least 4 members (excludes halogenated alkanes) is 12. The molecule has 0 aliphatic rings. The average molecular weight is 399 g/mol. The van der Waals surface area contributed by atoms with Crippen LogP contribution in [-0.2, 0) is 14.3 Å². The number of methoxy groups -OCH3 is 1. The standard InChI is InChI=1S/C23H46N2O3/c1-4-6-8-9-10-11-12-13-14-15-16-17-19-21(23(27)28-3)25-22(26)20(24)18-7-5-2/h20-21H,4-19,24H2,1-3H3,(H,25,26)/t20-,21?/m0/s1. The number of nitrogens with one attached hydrogen (secondary N) is 1. The third kappa shape index (κ3) is 14.9. The van der Waals surface area contributed by atoms with Crippen molar-refractivity contribution in [3.8, 4) is 0 Å². The molecule has 0 aromatic carbocycles. The Bertz CT molecular complexity index is 388. The lowest BCUT2D eigenvalue weighted by molar-refractivity contribution is -0.145. The summed E-state index contributed by atoms with van der Waals surface area (Å²) >= 11 is 0. The van der Waals surface area contributed by atoms with Gasteiger partial charge in [-0.1, -0.05) is 104 Å². The maximum atomic E-state index is 12.2. The van der Waals surface area contributed by atoms with E-state index in [9.17, 15) is 9.59 Å². The van der Waals surface area contributed by atoms with Crippen molar-refractivity contribution in [2.24, 2.45) is 5.73 Å². The van der Waals surface area contributed by atoms with Crippen LogP contribution >= 0.6 is 0 Å². The van der Waals surface area contributed by atoms with Crippen LogP contribution in [0.15, 0.2) is 0 Å². The van der Waals surface area contributed by atoms with Gasteiger partial charge in [-0.05, 0) is 12.8 Å². The van der Waals surface area contributed by atoms with Crippen LogP contribution in [0.2, 0.25) is 0 Å². The Morgan fingerprint density at radius 1 is 0.750 bits per heavy atom. The number of rotatable bonds is 19. The summed E-state index contributed by atoms with van der Waals surface area (Å²) in [6.07, 6.45) is 18.5. The minimum atomic E-state index is -0.576. The van der Waals surface area contributed by atoms with Gasteiger partial charge in [-0.25, -0.2) is 4.79 Å². The second kappa shape index (κ2) is 19.2. The third-order valence-electron chi connectivity index (χ3n) is 5.35. The van der Waals surface area contributed by atoms with Gasteiger partial charge in [0.05, 0.1) is 13.2 Å². The molecule has 0 aliphatic heterocycles. The number of carbonyl (C=O) groups excluding carboxylic acids is 2. The number of hydrogen-bond donors (Lipinski definition) is 2. The van der Waals surface area contributed by atoms with Crippen LogP contribution in [0.25, 0.3) is 0 Å². The highest BCUT2D eigenvalue weighted by Crippen LogP contribution is 2.13. The Kier molecular flexibility index (Phi) is 18.5. The van der Waals surface area contributed by atoms with Crippen molar-refractivity contribution >= 4 is 11.9 Å². The zero-order chi connectivity index (χ0) is 21.0. The van der Waals surface area contributed by atoms with Gasteiger partial charge in [-0.3, -0.25) is 4.79 Å². The van der Waals surface area contributed by atoms with Crippen molar-refractivity contribution in [3.63, 3.8) is 0 Å². The monoisotopic (exact) mass is 398 g/mol. The van der Waals surface area contributed by atoms with Crippen molar-refractivity contribution in [3.05, 3.63) is 0 Å². The van der Waals surface area contributed by atoms with Crippen LogP contribution in [0.1, 0.15) is 117 Å². The van der Waals surface area contributed by atoms with E-state index in [2.05, 4.69) is 19.2 Å². The van der Waals surface area contributed by atoms with E-state index < -0.39 is 12.1 Å². The van der Waals surface area contributed by atoms with Gasteiger partial charge in [-0.2, -0.15) is 0 Å². The Labute approximate surface area is 173 Å². The fraction of sp³-hybridized carbons (Fsp3) is 0.913. The summed E-state index contributed by atoms with van der Waals surface area (Å²) in [4.78, 5) is 24.1. The second-order valence-corrected chi connectivity index (χ2v) is 8.01. The molecule has 0 aliphatic carbocycles. The summed E-state index contributed by atoms with van der Waals surface area (Å²) < 4.78 is 4.84. The molecule has 0 bridgehead atoms. The first-order valence-corrected chi connectivity index (χ1v) is 11.7. The van der Waals surface area contributed by atoms with Gasteiger partial charge < -0.3 is 15.8 Å². The van der Waals surface area contributed by atoms with Crippen LogP contribution in [0, 0.1) is 0 Å². The molecule has 0 heterocycles. The van der Waals surface area contributed by atoms with E-state index in [4.69, 9.17) is 10.5 Å². The van der Waals surface area contributed by atoms with E-state index >= 15 is 0 Å². The predicted octanol–water partition coefficient (Wildman–Crippen LogP) is 5.25. The summed E-state index contributed by atoms with van der Waals surface area (Å²) in [6.45, 7) is 4.32. The van der Waals surface area contributed by atoms with Crippen LogP contribution in [0.4, 0.5) is 0 Å². The van der Waals surface area contributed by atoms with Gasteiger partial charge in [0.1, 0.15) is 6.04 Å². The highest BCUT2D eigenvalue weighted by molar-refractivity contribution is 5.87. The van der Waals surface area contributed by atoms with Crippen LogP contribution in [0.5, 0.6) is 0 Å². The average Bonchev–Trinajstić information content (AvgIpc) is 2.70. The van der Waals surface area contributed by atoms with Crippen LogP contribution in [-0.4, -0.2) is 31.1 Å². The summed E-state index contributed by atoms with van der Waals surface area (Å²) in [7, 11) is 1.36. The van der Waals surface area contributed by atoms with Crippen molar-refractivity contribution < 1.29 is 14.3 Å². The van der Waals surface area contributed by atoms with Gasteiger partial charge >= 0.3 is 5.97 Å². The molecular formula is C23H46N2O3. The zero-order valence-electron chi connectivity index (χ0n) is 18.8. The molecule has 0 spiro atoms. The lowest BCUT2D eigenvalue weighted by atomic mass is 10.0. The van der Waals surface area contributed by atoms with Crippen molar-refractivity contribution in [2.45, 2.75) is 129 Å². The fourth-order valence-corrected chi connectivity index (χ4v) is 3.41. The minimum absolute atomic E-state index is 0.247. The molecule has 0 aromatic heterocycles. The SMILES string of the molecule is CCCCCCCCCCCCCCC(NC(=O)[C@@H](N)CCCC)C(=O)OC. The minimum Gasteiger partial charge on any atom is -0.467 e. The molecule has 1 amide bonds. The van der Waals surface area contributed by atoms with E-state index in [1.807, 2.05) is 0 Å². The number of hydrogen-bond acceptors (Lipinski definition) is 4. The second-order valence-electron chi connectivity index (χ2n) is 8.01. The van der Waals surface area contributed by atoms with E-state index in [1.165, 1.54) is 71.3 Å². The zero-order valence-corrected chi connectivity index (χ0v) is 18.8. The molecule has 0 aromatic rings. The predicted molar refractivity (Wildman–Crippen MR) is 117 cm³/mol. The number of nitrogens with two attached hydrogens (primary N) is 1. The molecule has 1 unspecified atom stereocenters. The van der Waals surface area contributed by atoms with E-state index in [-0.39, 0.29) is 11.9 Å². The summed E-state index contributed by atoms with van der Waals surface area (Å²) in [5.74, 6) is -0.623. The number of amides is 1. The number of ether oxygens (including phenoxy) is 1. The summed E-state index contributed by atoms with van der Waals surface area (Å²) in [5.41, 5.74) is 5.90. The molecular weight excluding hydrogens is 352 g/mol. The summed E-state index contributed by atoms with van der Waals surface area (Å²) in [5, 5.41) is 2.78.